The fourth-order valence-electron chi connectivity index (χ4n) is 4.74. The number of amides is 1. The third kappa shape index (κ3) is 7.74. The molecule has 0 unspecified atom stereocenters. The second-order valence-corrected chi connectivity index (χ2v) is 12.6. The van der Waals surface area contributed by atoms with Crippen molar-refractivity contribution in [1.29, 1.82) is 0 Å². The van der Waals surface area contributed by atoms with Crippen LogP contribution in [-0.4, -0.2) is 55.9 Å². The van der Waals surface area contributed by atoms with Gasteiger partial charge in [0.05, 0.1) is 23.8 Å². The lowest BCUT2D eigenvalue weighted by molar-refractivity contribution is -0.130. The van der Waals surface area contributed by atoms with Crippen molar-refractivity contribution in [3.8, 4) is 5.75 Å². The molecule has 1 aliphatic rings. The van der Waals surface area contributed by atoms with Gasteiger partial charge in [0.2, 0.25) is 5.90 Å². The first-order valence-electron chi connectivity index (χ1n) is 14.2. The van der Waals surface area contributed by atoms with E-state index in [9.17, 15) is 13.2 Å². The third-order valence-corrected chi connectivity index (χ3v) is 8.73. The largest absolute Gasteiger partial charge is 0.494 e. The number of azide groups is 1. The number of nitrogens with one attached hydrogen (secondary N) is 2. The van der Waals surface area contributed by atoms with Crippen molar-refractivity contribution in [3.05, 3.63) is 106 Å². The summed E-state index contributed by atoms with van der Waals surface area (Å²) >= 11 is 0. The molecule has 3 aromatic carbocycles. The van der Waals surface area contributed by atoms with Crippen LogP contribution in [-0.2, 0) is 25.9 Å². The number of hydrogen-bond acceptors (Lipinski definition) is 9. The van der Waals surface area contributed by atoms with E-state index >= 15 is 0 Å². The highest BCUT2D eigenvalue weighted by atomic mass is 32.2. The maximum atomic E-state index is 14.1. The van der Waals surface area contributed by atoms with Crippen molar-refractivity contribution in [3.63, 3.8) is 0 Å². The summed E-state index contributed by atoms with van der Waals surface area (Å²) in [4.78, 5) is 22.0. The van der Waals surface area contributed by atoms with Gasteiger partial charge in [-0.15, -0.1) is 0 Å². The minimum Gasteiger partial charge on any atom is -0.494 e. The standard InChI is InChI=1S/C31H36N6O6S/c1-22(2)35-36-30(39)31(17-20-44(40,41)26-10-4-3-5-11-26)28(27-12-7-6-9-24(27)21-33-37-32)43-29(34-31)23-13-15-25(16-14-23)42-19-8-18-38/h3-7,9-16,22,28,35,38H,8,17-21H2,1-2H3,(H,36,39)/t28-,31-/m0/s1. The van der Waals surface area contributed by atoms with Gasteiger partial charge in [0.25, 0.3) is 5.91 Å². The number of nitrogens with zero attached hydrogens (tertiary/aromatic N) is 4. The van der Waals surface area contributed by atoms with Gasteiger partial charge in [0, 0.05) is 36.0 Å². The molecule has 13 heteroatoms. The summed E-state index contributed by atoms with van der Waals surface area (Å²) in [7, 11) is -3.81. The first kappa shape index (κ1) is 32.5. The molecule has 1 aliphatic heterocycles. The molecule has 0 spiro atoms. The number of hydrogen-bond donors (Lipinski definition) is 3. The van der Waals surface area contributed by atoms with Gasteiger partial charge < -0.3 is 14.6 Å². The number of rotatable bonds is 15. The van der Waals surface area contributed by atoms with E-state index in [0.717, 1.165) is 0 Å². The van der Waals surface area contributed by atoms with Gasteiger partial charge in [-0.2, -0.15) is 0 Å². The lowest BCUT2D eigenvalue weighted by Crippen LogP contribution is -2.54. The number of aliphatic hydroxyl groups excluding tert-OH is 1. The lowest BCUT2D eigenvalue weighted by atomic mass is 9.83. The van der Waals surface area contributed by atoms with E-state index in [1.807, 2.05) is 13.8 Å². The van der Waals surface area contributed by atoms with Gasteiger partial charge in [-0.1, -0.05) is 47.6 Å². The highest BCUT2D eigenvalue weighted by Gasteiger charge is 2.54. The highest BCUT2D eigenvalue weighted by molar-refractivity contribution is 7.91. The molecule has 232 valence electrons. The SMILES string of the molecule is CC(C)NNC(=O)[C@@]1(CCS(=O)(=O)c2ccccc2)N=C(c2ccc(OCCCO)cc2)O[C@H]1c1ccccc1CN=[N+]=[N-]. The highest BCUT2D eigenvalue weighted by Crippen LogP contribution is 2.44. The second-order valence-electron chi connectivity index (χ2n) is 10.5. The molecule has 0 saturated carbocycles. The summed E-state index contributed by atoms with van der Waals surface area (Å²) in [6.07, 6.45) is -0.770. The van der Waals surface area contributed by atoms with Crippen LogP contribution in [0.25, 0.3) is 10.4 Å². The third-order valence-electron chi connectivity index (χ3n) is 7.00. The molecule has 0 aliphatic carbocycles. The normalized spacial score (nSPS) is 17.8. The van der Waals surface area contributed by atoms with Crippen LogP contribution in [0.2, 0.25) is 0 Å². The summed E-state index contributed by atoms with van der Waals surface area (Å²) < 4.78 is 39.0. The molecular weight excluding hydrogens is 584 g/mol. The van der Waals surface area contributed by atoms with E-state index in [1.165, 1.54) is 12.1 Å². The Kier molecular flexibility index (Phi) is 11.0. The van der Waals surface area contributed by atoms with Crippen LogP contribution in [0.5, 0.6) is 5.75 Å². The van der Waals surface area contributed by atoms with Gasteiger partial charge in [-0.05, 0) is 66.9 Å². The number of benzene rings is 3. The first-order chi connectivity index (χ1) is 21.2. The predicted octanol–water partition coefficient (Wildman–Crippen LogP) is 4.41. The Bertz CT molecular complexity index is 1610. The zero-order valence-corrected chi connectivity index (χ0v) is 25.4. The predicted molar refractivity (Wildman–Crippen MR) is 166 cm³/mol. The van der Waals surface area contributed by atoms with Crippen molar-refractivity contribution in [2.24, 2.45) is 10.1 Å². The fourth-order valence-corrected chi connectivity index (χ4v) is 6.13. The lowest BCUT2D eigenvalue weighted by Gasteiger charge is -2.32. The Morgan fingerprint density at radius 1 is 1.11 bits per heavy atom. The van der Waals surface area contributed by atoms with Crippen molar-refractivity contribution < 1.29 is 27.8 Å². The smallest absolute Gasteiger partial charge is 0.266 e. The maximum absolute atomic E-state index is 14.1. The van der Waals surface area contributed by atoms with Crippen molar-refractivity contribution in [2.45, 2.75) is 55.8 Å². The van der Waals surface area contributed by atoms with Crippen LogP contribution < -0.4 is 15.6 Å². The molecule has 3 N–H and O–H groups in total. The number of carbonyl (C=O) groups excluding carboxylic acids is 1. The van der Waals surface area contributed by atoms with Crippen LogP contribution in [0.3, 0.4) is 0 Å². The Morgan fingerprint density at radius 3 is 2.50 bits per heavy atom. The molecule has 44 heavy (non-hydrogen) atoms. The molecular formula is C31H36N6O6S. The summed E-state index contributed by atoms with van der Waals surface area (Å²) in [6.45, 7) is 4.06. The number of sulfone groups is 1. The topological polar surface area (TPSA) is 175 Å². The monoisotopic (exact) mass is 620 g/mol. The van der Waals surface area contributed by atoms with E-state index in [0.29, 0.717) is 35.5 Å². The van der Waals surface area contributed by atoms with Gasteiger partial charge in [-0.3, -0.25) is 10.2 Å². The molecule has 0 saturated heterocycles. The zero-order chi connectivity index (χ0) is 31.6. The molecule has 0 aromatic heterocycles. The molecule has 12 nitrogen and oxygen atoms in total. The van der Waals surface area contributed by atoms with Crippen molar-refractivity contribution in [2.75, 3.05) is 19.0 Å². The number of carbonyl (C=O) groups is 1. The van der Waals surface area contributed by atoms with Gasteiger partial charge >= 0.3 is 0 Å². The van der Waals surface area contributed by atoms with Crippen molar-refractivity contribution in [1.82, 2.24) is 10.9 Å². The van der Waals surface area contributed by atoms with Crippen molar-refractivity contribution >= 4 is 21.6 Å². The molecule has 0 bridgehead atoms. The van der Waals surface area contributed by atoms with Gasteiger partial charge in [-0.25, -0.2) is 18.8 Å². The molecule has 0 fully saturated rings. The molecule has 1 heterocycles. The zero-order valence-electron chi connectivity index (χ0n) is 24.6. The summed E-state index contributed by atoms with van der Waals surface area (Å²) in [6, 6.07) is 21.9. The molecule has 1 amide bonds. The fraction of sp³-hybridized carbons (Fsp3) is 0.355. The Labute approximate surface area is 256 Å². The molecule has 4 rings (SSSR count). The van der Waals surface area contributed by atoms with Crippen LogP contribution in [0.1, 0.15) is 49.5 Å². The summed E-state index contributed by atoms with van der Waals surface area (Å²) in [5.74, 6) is -0.237. The number of ether oxygens (including phenoxy) is 2. The van der Waals surface area contributed by atoms with E-state index in [-0.39, 0.29) is 42.2 Å². The number of aliphatic imine (C=N–C) groups is 1. The molecule has 2 atom stereocenters. The average Bonchev–Trinajstić information content (AvgIpc) is 3.43. The maximum Gasteiger partial charge on any atom is 0.266 e. The number of aliphatic hydroxyl groups is 1. The van der Waals surface area contributed by atoms with Crippen LogP contribution in [0, 0.1) is 0 Å². The van der Waals surface area contributed by atoms with Crippen LogP contribution >= 0.6 is 0 Å². The van der Waals surface area contributed by atoms with E-state index < -0.39 is 27.4 Å². The van der Waals surface area contributed by atoms with E-state index in [2.05, 4.69) is 20.9 Å². The Hall–Kier alpha value is -4.42. The first-order valence-corrected chi connectivity index (χ1v) is 15.9. The van der Waals surface area contributed by atoms with Crippen LogP contribution in [0.15, 0.2) is 93.9 Å². The second kappa shape index (κ2) is 14.8. The summed E-state index contributed by atoms with van der Waals surface area (Å²) in [5, 5.41) is 12.7. The van der Waals surface area contributed by atoms with E-state index in [1.54, 1.807) is 66.7 Å². The van der Waals surface area contributed by atoms with E-state index in [4.69, 9.17) is 25.1 Å². The van der Waals surface area contributed by atoms with Gasteiger partial charge in [0.15, 0.2) is 21.5 Å². The summed E-state index contributed by atoms with van der Waals surface area (Å²) in [5.41, 5.74) is 14.6. The average molecular weight is 621 g/mol. The molecule has 0 radical (unpaired) electrons. The Balaban J connectivity index is 1.81. The quantitative estimate of drug-likeness (QED) is 0.0741. The molecule has 3 aromatic rings. The minimum atomic E-state index is -3.81. The Morgan fingerprint density at radius 2 is 1.82 bits per heavy atom. The minimum absolute atomic E-state index is 0.00794. The van der Waals surface area contributed by atoms with Gasteiger partial charge in [0.1, 0.15) is 5.75 Å². The van der Waals surface area contributed by atoms with Crippen LogP contribution in [0.4, 0.5) is 0 Å². The number of hydrazine groups is 1.